The minimum absolute atomic E-state index is 0.0173. The van der Waals surface area contributed by atoms with Gasteiger partial charge in [-0.05, 0) is 42.9 Å². The number of piperidine rings is 1. The van der Waals surface area contributed by atoms with Gasteiger partial charge in [-0.25, -0.2) is 0 Å². The summed E-state index contributed by atoms with van der Waals surface area (Å²) in [5.74, 6) is 2.49. The SMILES string of the molecule is Cc1ccc(C(c2sc3nc(-c4ccco4)nn3c2O)N2CC(C)CC(C)C2)cc1. The van der Waals surface area contributed by atoms with Crippen molar-refractivity contribution in [2.45, 2.75) is 33.2 Å². The van der Waals surface area contributed by atoms with Gasteiger partial charge >= 0.3 is 0 Å². The van der Waals surface area contributed by atoms with Crippen LogP contribution in [0.2, 0.25) is 0 Å². The van der Waals surface area contributed by atoms with Crippen molar-refractivity contribution in [2.75, 3.05) is 13.1 Å². The quantitative estimate of drug-likeness (QED) is 0.494. The van der Waals surface area contributed by atoms with Gasteiger partial charge in [-0.3, -0.25) is 4.90 Å². The monoisotopic (exact) mass is 422 g/mol. The van der Waals surface area contributed by atoms with Crippen molar-refractivity contribution < 1.29 is 9.52 Å². The first-order valence-electron chi connectivity index (χ1n) is 10.4. The van der Waals surface area contributed by atoms with E-state index in [1.54, 1.807) is 6.26 Å². The summed E-state index contributed by atoms with van der Waals surface area (Å²) in [6.45, 7) is 8.74. The fourth-order valence-electron chi connectivity index (χ4n) is 4.64. The van der Waals surface area contributed by atoms with Gasteiger partial charge in [-0.15, -0.1) is 5.10 Å². The van der Waals surface area contributed by atoms with E-state index in [2.05, 4.69) is 60.0 Å². The second-order valence-electron chi connectivity index (χ2n) is 8.61. The number of hydrogen-bond donors (Lipinski definition) is 1. The van der Waals surface area contributed by atoms with Crippen LogP contribution in [0.1, 0.15) is 42.3 Å². The van der Waals surface area contributed by atoms with Crippen LogP contribution in [0.15, 0.2) is 47.1 Å². The van der Waals surface area contributed by atoms with Crippen LogP contribution in [0.25, 0.3) is 16.5 Å². The molecule has 3 atom stereocenters. The Morgan fingerprint density at radius 3 is 2.50 bits per heavy atom. The number of aryl methyl sites for hydroxylation is 1. The highest BCUT2D eigenvalue weighted by atomic mass is 32.1. The summed E-state index contributed by atoms with van der Waals surface area (Å²) in [5.41, 5.74) is 2.42. The number of rotatable bonds is 4. The smallest absolute Gasteiger partial charge is 0.230 e. The Morgan fingerprint density at radius 2 is 1.87 bits per heavy atom. The topological polar surface area (TPSA) is 66.8 Å². The third-order valence-electron chi connectivity index (χ3n) is 5.84. The molecule has 3 unspecified atom stereocenters. The van der Waals surface area contributed by atoms with Crippen LogP contribution in [0.4, 0.5) is 0 Å². The average molecular weight is 423 g/mol. The molecule has 30 heavy (non-hydrogen) atoms. The molecular weight excluding hydrogens is 396 g/mol. The maximum atomic E-state index is 11.2. The average Bonchev–Trinajstić information content (AvgIpc) is 3.42. The zero-order valence-corrected chi connectivity index (χ0v) is 18.3. The van der Waals surface area contributed by atoms with Gasteiger partial charge in [0.2, 0.25) is 16.7 Å². The van der Waals surface area contributed by atoms with Crippen LogP contribution in [0, 0.1) is 18.8 Å². The summed E-state index contributed by atoms with van der Waals surface area (Å²) >= 11 is 1.50. The molecule has 0 saturated carbocycles. The molecule has 3 aromatic heterocycles. The van der Waals surface area contributed by atoms with Crippen molar-refractivity contribution in [2.24, 2.45) is 11.8 Å². The van der Waals surface area contributed by atoms with E-state index >= 15 is 0 Å². The molecule has 1 N–H and O–H groups in total. The molecular formula is C23H26N4O2S. The molecule has 7 heteroatoms. The van der Waals surface area contributed by atoms with E-state index in [0.717, 1.165) is 18.0 Å². The highest BCUT2D eigenvalue weighted by Gasteiger charge is 2.33. The second kappa shape index (κ2) is 7.56. The summed E-state index contributed by atoms with van der Waals surface area (Å²) in [6, 6.07) is 12.2. The molecule has 1 saturated heterocycles. The molecule has 1 aliphatic rings. The number of hydrogen-bond acceptors (Lipinski definition) is 6. The molecule has 4 heterocycles. The van der Waals surface area contributed by atoms with E-state index in [1.807, 2.05) is 12.1 Å². The Balaban J connectivity index is 1.60. The number of furan rings is 1. The van der Waals surface area contributed by atoms with Gasteiger partial charge in [-0.2, -0.15) is 9.50 Å². The number of fused-ring (bicyclic) bond motifs is 1. The Hall–Kier alpha value is -2.64. The van der Waals surface area contributed by atoms with Crippen molar-refractivity contribution in [1.29, 1.82) is 0 Å². The molecule has 0 bridgehead atoms. The van der Waals surface area contributed by atoms with Gasteiger partial charge in [0.1, 0.15) is 0 Å². The molecule has 0 spiro atoms. The molecule has 0 amide bonds. The molecule has 6 nitrogen and oxygen atoms in total. The van der Waals surface area contributed by atoms with Crippen LogP contribution in [-0.4, -0.2) is 37.7 Å². The Labute approximate surface area is 179 Å². The van der Waals surface area contributed by atoms with Crippen molar-refractivity contribution in [3.63, 3.8) is 0 Å². The summed E-state index contributed by atoms with van der Waals surface area (Å²) in [4.78, 5) is 8.66. The van der Waals surface area contributed by atoms with E-state index < -0.39 is 0 Å². The minimum atomic E-state index is -0.0173. The van der Waals surface area contributed by atoms with Gasteiger partial charge in [-0.1, -0.05) is 55.0 Å². The first-order valence-corrected chi connectivity index (χ1v) is 11.2. The number of thiazole rings is 1. The van der Waals surface area contributed by atoms with E-state index in [0.29, 0.717) is 28.4 Å². The zero-order valence-electron chi connectivity index (χ0n) is 17.4. The third kappa shape index (κ3) is 3.42. The lowest BCUT2D eigenvalue weighted by Crippen LogP contribution is -2.41. The van der Waals surface area contributed by atoms with Gasteiger partial charge in [0.15, 0.2) is 5.76 Å². The number of nitrogens with zero attached hydrogens (tertiary/aromatic N) is 4. The predicted molar refractivity (Wildman–Crippen MR) is 118 cm³/mol. The molecule has 1 aliphatic heterocycles. The first kappa shape index (κ1) is 19.3. The summed E-state index contributed by atoms with van der Waals surface area (Å²) in [5, 5.41) is 15.7. The standard InChI is InChI=1S/C23H26N4O2S/c1-14-6-8-17(9-7-14)19(26-12-15(2)11-16(3)13-26)20-22(28)27-23(30-20)24-21(25-27)18-5-4-10-29-18/h4-10,15-16,19,28H,11-13H2,1-3H3. The number of aromatic hydroxyl groups is 1. The maximum absolute atomic E-state index is 11.2. The molecule has 0 aliphatic carbocycles. The molecule has 4 aromatic rings. The second-order valence-corrected chi connectivity index (χ2v) is 9.62. The van der Waals surface area contributed by atoms with E-state index in [1.165, 1.54) is 33.4 Å². The highest BCUT2D eigenvalue weighted by molar-refractivity contribution is 7.17. The normalized spacial score (nSPS) is 21.3. The highest BCUT2D eigenvalue weighted by Crippen LogP contribution is 2.42. The number of benzene rings is 1. The van der Waals surface area contributed by atoms with Gasteiger partial charge < -0.3 is 9.52 Å². The van der Waals surface area contributed by atoms with Crippen molar-refractivity contribution in [1.82, 2.24) is 19.5 Å². The summed E-state index contributed by atoms with van der Waals surface area (Å²) in [7, 11) is 0. The Bertz CT molecular complexity index is 1140. The van der Waals surface area contributed by atoms with Crippen molar-refractivity contribution in [3.05, 3.63) is 58.7 Å². The van der Waals surface area contributed by atoms with Crippen LogP contribution < -0.4 is 0 Å². The van der Waals surface area contributed by atoms with Gasteiger partial charge in [0, 0.05) is 13.1 Å². The van der Waals surface area contributed by atoms with Gasteiger partial charge in [0.05, 0.1) is 17.2 Å². The van der Waals surface area contributed by atoms with Crippen LogP contribution >= 0.6 is 11.3 Å². The lowest BCUT2D eigenvalue weighted by Gasteiger charge is -2.40. The molecule has 1 aromatic carbocycles. The van der Waals surface area contributed by atoms with E-state index in [9.17, 15) is 5.11 Å². The maximum Gasteiger partial charge on any atom is 0.230 e. The largest absolute Gasteiger partial charge is 0.492 e. The Kier molecular flexibility index (Phi) is 4.87. The number of likely N-dealkylation sites (tertiary alicyclic amines) is 1. The minimum Gasteiger partial charge on any atom is -0.492 e. The zero-order chi connectivity index (χ0) is 20.8. The lowest BCUT2D eigenvalue weighted by molar-refractivity contribution is 0.112. The van der Waals surface area contributed by atoms with Crippen molar-refractivity contribution >= 4 is 16.3 Å². The lowest BCUT2D eigenvalue weighted by atomic mass is 9.89. The number of aromatic nitrogens is 3. The third-order valence-corrected chi connectivity index (χ3v) is 6.92. The summed E-state index contributed by atoms with van der Waals surface area (Å²) in [6.07, 6.45) is 2.84. The molecule has 5 rings (SSSR count). The van der Waals surface area contributed by atoms with E-state index in [4.69, 9.17) is 4.42 Å². The summed E-state index contributed by atoms with van der Waals surface area (Å²) < 4.78 is 6.95. The molecule has 156 valence electrons. The van der Waals surface area contributed by atoms with Crippen molar-refractivity contribution in [3.8, 4) is 17.5 Å². The van der Waals surface area contributed by atoms with Crippen LogP contribution in [0.5, 0.6) is 5.88 Å². The van der Waals surface area contributed by atoms with Crippen LogP contribution in [0.3, 0.4) is 0 Å². The fourth-order valence-corrected chi connectivity index (χ4v) is 5.75. The van der Waals surface area contributed by atoms with Gasteiger partial charge in [0.25, 0.3) is 0 Å². The molecule has 1 fully saturated rings. The van der Waals surface area contributed by atoms with E-state index in [-0.39, 0.29) is 11.9 Å². The first-order chi connectivity index (χ1) is 14.5. The fraction of sp³-hybridized carbons (Fsp3) is 0.391. The Morgan fingerprint density at radius 1 is 1.13 bits per heavy atom. The molecule has 0 radical (unpaired) electrons. The van der Waals surface area contributed by atoms with Crippen LogP contribution in [-0.2, 0) is 0 Å². The predicted octanol–water partition coefficient (Wildman–Crippen LogP) is 5.13.